The molecule has 0 saturated carbocycles. The third-order valence-corrected chi connectivity index (χ3v) is 4.57. The highest BCUT2D eigenvalue weighted by atomic mass is 32.2. The number of nitrogens with one attached hydrogen (secondary N) is 1. The van der Waals surface area contributed by atoms with Gasteiger partial charge in [0, 0.05) is 11.1 Å². The minimum absolute atomic E-state index is 0.177. The second-order valence-corrected chi connectivity index (χ2v) is 8.59. The second-order valence-electron chi connectivity index (χ2n) is 6.84. The molecule has 7 nitrogen and oxygen atoms in total. The summed E-state index contributed by atoms with van der Waals surface area (Å²) in [5.74, 6) is 1.58. The van der Waals surface area contributed by atoms with Crippen LogP contribution < -0.4 is 9.46 Å². The zero-order valence-electron chi connectivity index (χ0n) is 16.0. The number of sulfonamides is 1. The molecular formula is C19H23N4O3S+. The maximum atomic E-state index is 11.7. The van der Waals surface area contributed by atoms with E-state index in [0.717, 1.165) is 22.9 Å². The molecule has 1 unspecified atom stereocenters. The molecule has 0 amide bonds. The molecule has 1 aromatic heterocycles. The molecule has 0 bridgehead atoms. The summed E-state index contributed by atoms with van der Waals surface area (Å²) >= 11 is 0. The van der Waals surface area contributed by atoms with Crippen molar-refractivity contribution in [3.05, 3.63) is 41.0 Å². The van der Waals surface area contributed by atoms with E-state index in [1.165, 1.54) is 0 Å². The van der Waals surface area contributed by atoms with Crippen LogP contribution in [0.2, 0.25) is 0 Å². The van der Waals surface area contributed by atoms with Gasteiger partial charge in [-0.2, -0.15) is 0 Å². The molecule has 2 heterocycles. The minimum atomic E-state index is -3.48. The molecular weight excluding hydrogens is 364 g/mol. The smallest absolute Gasteiger partial charge is 0.358 e. The van der Waals surface area contributed by atoms with Gasteiger partial charge in [0.2, 0.25) is 10.0 Å². The maximum Gasteiger partial charge on any atom is 0.358 e. The quantitative estimate of drug-likeness (QED) is 0.796. The third kappa shape index (κ3) is 4.51. The van der Waals surface area contributed by atoms with Gasteiger partial charge in [-0.25, -0.2) is 8.42 Å². The standard InChI is InChI=1S/C19H23N4O3S/c1-12-8-14(3)18(15(4)9-12)26-19-16(22-27(5,24)25)6-7-17(21-19)23-11-13(2)10-20-23/h6-11,13,22H,1-5H3/q+1. The molecule has 1 aliphatic rings. The van der Waals surface area contributed by atoms with Crippen molar-refractivity contribution in [3.8, 4) is 11.6 Å². The van der Waals surface area contributed by atoms with Crippen LogP contribution in [0.1, 0.15) is 23.6 Å². The van der Waals surface area contributed by atoms with E-state index in [1.54, 1.807) is 23.0 Å². The molecule has 0 spiro atoms. The lowest BCUT2D eigenvalue weighted by Crippen LogP contribution is -2.12. The fourth-order valence-corrected chi connectivity index (χ4v) is 3.50. The predicted octanol–water partition coefficient (Wildman–Crippen LogP) is 3.52. The van der Waals surface area contributed by atoms with Gasteiger partial charge in [-0.15, -0.1) is 4.68 Å². The van der Waals surface area contributed by atoms with Crippen LogP contribution in [0, 0.1) is 26.7 Å². The van der Waals surface area contributed by atoms with E-state index in [1.807, 2.05) is 46.0 Å². The second kappa shape index (κ2) is 7.11. The summed E-state index contributed by atoms with van der Waals surface area (Å²) in [6, 6.07) is 7.34. The number of benzene rings is 1. The fourth-order valence-electron chi connectivity index (χ4n) is 2.95. The Morgan fingerprint density at radius 1 is 1.15 bits per heavy atom. The van der Waals surface area contributed by atoms with Crippen molar-refractivity contribution in [3.63, 3.8) is 0 Å². The van der Waals surface area contributed by atoms with Gasteiger partial charge in [-0.05, 0) is 38.0 Å². The SMILES string of the molecule is Cc1cc(C)c(Oc2nc([N+]3=CC(C)C=N3)ccc2NS(C)(=O)=O)c(C)c1. The van der Waals surface area contributed by atoms with Crippen molar-refractivity contribution in [2.45, 2.75) is 27.7 Å². The van der Waals surface area contributed by atoms with Crippen molar-refractivity contribution in [2.75, 3.05) is 11.0 Å². The average Bonchev–Trinajstić information content (AvgIpc) is 2.97. The first-order valence-corrected chi connectivity index (χ1v) is 10.4. The first-order chi connectivity index (χ1) is 12.6. The number of hydrogen-bond acceptors (Lipinski definition) is 5. The molecule has 3 rings (SSSR count). The molecule has 1 aliphatic heterocycles. The highest BCUT2D eigenvalue weighted by Crippen LogP contribution is 2.34. The Morgan fingerprint density at radius 3 is 2.37 bits per heavy atom. The summed E-state index contributed by atoms with van der Waals surface area (Å²) in [6.07, 6.45) is 4.81. The molecule has 27 heavy (non-hydrogen) atoms. The Morgan fingerprint density at radius 2 is 1.81 bits per heavy atom. The normalized spacial score (nSPS) is 16.3. The number of aromatic nitrogens is 1. The number of ether oxygens (including phenoxy) is 1. The summed E-state index contributed by atoms with van der Waals surface area (Å²) in [7, 11) is -3.48. The minimum Gasteiger partial charge on any atom is -0.418 e. The number of pyridine rings is 1. The lowest BCUT2D eigenvalue weighted by molar-refractivity contribution is -0.441. The van der Waals surface area contributed by atoms with Crippen molar-refractivity contribution in [1.82, 2.24) is 4.98 Å². The van der Waals surface area contributed by atoms with Gasteiger partial charge in [-0.1, -0.05) is 29.7 Å². The molecule has 0 aliphatic carbocycles. The number of hydrazone groups is 1. The van der Waals surface area contributed by atoms with Gasteiger partial charge in [0.15, 0.2) is 0 Å². The summed E-state index contributed by atoms with van der Waals surface area (Å²) in [6.45, 7) is 7.92. The summed E-state index contributed by atoms with van der Waals surface area (Å²) in [5.41, 5.74) is 3.30. The Balaban J connectivity index is 2.07. The van der Waals surface area contributed by atoms with Crippen molar-refractivity contribution >= 4 is 34.0 Å². The molecule has 1 aromatic carbocycles. The fraction of sp³-hybridized carbons (Fsp3) is 0.316. The number of hydrogen-bond donors (Lipinski definition) is 1. The van der Waals surface area contributed by atoms with E-state index in [4.69, 9.17) is 4.74 Å². The molecule has 0 radical (unpaired) electrons. The van der Waals surface area contributed by atoms with Crippen LogP contribution in [0.15, 0.2) is 29.4 Å². The van der Waals surface area contributed by atoms with Crippen LogP contribution >= 0.6 is 0 Å². The van der Waals surface area contributed by atoms with E-state index >= 15 is 0 Å². The molecule has 1 N–H and O–H groups in total. The van der Waals surface area contributed by atoms with E-state index in [-0.39, 0.29) is 17.5 Å². The third-order valence-electron chi connectivity index (χ3n) is 3.98. The Labute approximate surface area is 159 Å². The predicted molar refractivity (Wildman–Crippen MR) is 107 cm³/mol. The Bertz CT molecular complexity index is 1040. The monoisotopic (exact) mass is 387 g/mol. The van der Waals surface area contributed by atoms with E-state index in [9.17, 15) is 8.42 Å². The topological polar surface area (TPSA) is 83.7 Å². The lowest BCUT2D eigenvalue weighted by atomic mass is 10.1. The number of rotatable bonds is 5. The highest BCUT2D eigenvalue weighted by molar-refractivity contribution is 7.92. The van der Waals surface area contributed by atoms with Crippen LogP contribution in [0.5, 0.6) is 11.6 Å². The van der Waals surface area contributed by atoms with E-state index in [0.29, 0.717) is 11.6 Å². The maximum absolute atomic E-state index is 11.7. The molecule has 0 fully saturated rings. The van der Waals surface area contributed by atoms with Gasteiger partial charge < -0.3 is 4.74 Å². The number of anilines is 1. The Hall–Kier alpha value is -2.74. The first-order valence-electron chi connectivity index (χ1n) is 8.55. The zero-order valence-corrected chi connectivity index (χ0v) is 16.8. The number of nitrogens with zero attached hydrogens (tertiary/aromatic N) is 3. The van der Waals surface area contributed by atoms with Gasteiger partial charge in [0.25, 0.3) is 0 Å². The van der Waals surface area contributed by atoms with E-state index < -0.39 is 10.0 Å². The van der Waals surface area contributed by atoms with Crippen LogP contribution in [0.25, 0.3) is 0 Å². The van der Waals surface area contributed by atoms with Gasteiger partial charge in [0.05, 0.1) is 18.4 Å². The van der Waals surface area contributed by atoms with Gasteiger partial charge in [0.1, 0.15) is 17.7 Å². The molecule has 0 saturated heterocycles. The number of aryl methyl sites for hydroxylation is 3. The summed E-state index contributed by atoms with van der Waals surface area (Å²) < 4.78 is 33.6. The van der Waals surface area contributed by atoms with Gasteiger partial charge in [-0.3, -0.25) is 4.72 Å². The van der Waals surface area contributed by atoms with Crippen molar-refractivity contribution < 1.29 is 17.8 Å². The summed E-state index contributed by atoms with van der Waals surface area (Å²) in [5, 5.41) is 4.28. The summed E-state index contributed by atoms with van der Waals surface area (Å²) in [4.78, 5) is 4.51. The lowest BCUT2D eigenvalue weighted by Gasteiger charge is -2.12. The zero-order chi connectivity index (χ0) is 19.8. The van der Waals surface area contributed by atoms with Crippen molar-refractivity contribution in [1.29, 1.82) is 0 Å². The van der Waals surface area contributed by atoms with Gasteiger partial charge >= 0.3 is 11.7 Å². The highest BCUT2D eigenvalue weighted by Gasteiger charge is 2.24. The van der Waals surface area contributed by atoms with Crippen LogP contribution in [-0.4, -0.2) is 36.8 Å². The van der Waals surface area contributed by atoms with Crippen LogP contribution in [0.3, 0.4) is 0 Å². The van der Waals surface area contributed by atoms with Crippen LogP contribution in [-0.2, 0) is 10.0 Å². The first kappa shape index (κ1) is 19.0. The van der Waals surface area contributed by atoms with Crippen LogP contribution in [0.4, 0.5) is 11.5 Å². The Kier molecular flexibility index (Phi) is 5.01. The molecule has 2 aromatic rings. The average molecular weight is 387 g/mol. The molecule has 142 valence electrons. The largest absolute Gasteiger partial charge is 0.418 e. The molecule has 8 heteroatoms. The van der Waals surface area contributed by atoms with E-state index in [2.05, 4.69) is 14.8 Å². The van der Waals surface area contributed by atoms with Crippen molar-refractivity contribution in [2.24, 2.45) is 11.0 Å². The molecule has 1 atom stereocenters.